The van der Waals surface area contributed by atoms with Gasteiger partial charge in [0.25, 0.3) is 5.56 Å². The highest BCUT2D eigenvalue weighted by Crippen LogP contribution is 2.25. The number of piperidine rings is 1. The number of nitrogens with zero attached hydrogens (tertiary/aromatic N) is 5. The van der Waals surface area contributed by atoms with Crippen molar-refractivity contribution >= 4 is 11.7 Å². The molecule has 8 nitrogen and oxygen atoms in total. The number of nitrogens with one attached hydrogen (secondary N) is 1. The Morgan fingerprint density at radius 3 is 2.50 bits per heavy atom. The standard InChI is InChI=1S/C22H30N6O2/c1-3-18-14-20(29)25-21(24-18)17-4-5-19(23-15-17)27-8-6-16(7-9-27)22(30)28-12-10-26(2)11-13-28/h4-5,14-16H,3,6-13H2,1-2H3,(H,24,25,29). The number of hydrogen-bond donors (Lipinski definition) is 1. The molecule has 2 aromatic heterocycles. The summed E-state index contributed by atoms with van der Waals surface area (Å²) in [5.74, 6) is 1.89. The van der Waals surface area contributed by atoms with E-state index in [1.54, 1.807) is 6.20 Å². The van der Waals surface area contributed by atoms with E-state index in [2.05, 4.69) is 31.8 Å². The zero-order valence-electron chi connectivity index (χ0n) is 17.8. The molecule has 30 heavy (non-hydrogen) atoms. The Bertz CT molecular complexity index is 925. The highest BCUT2D eigenvalue weighted by molar-refractivity contribution is 5.79. The summed E-state index contributed by atoms with van der Waals surface area (Å²) in [7, 11) is 2.10. The third-order valence-corrected chi connectivity index (χ3v) is 6.16. The molecule has 0 bridgehead atoms. The second-order valence-corrected chi connectivity index (χ2v) is 8.23. The van der Waals surface area contributed by atoms with Crippen LogP contribution in [0.3, 0.4) is 0 Å². The van der Waals surface area contributed by atoms with E-state index in [1.807, 2.05) is 24.0 Å². The fraction of sp³-hybridized carbons (Fsp3) is 0.545. The normalized spacial score (nSPS) is 18.6. The van der Waals surface area contributed by atoms with E-state index in [0.29, 0.717) is 18.2 Å². The van der Waals surface area contributed by atoms with Crippen molar-refractivity contribution in [3.63, 3.8) is 0 Å². The number of hydrogen-bond acceptors (Lipinski definition) is 6. The van der Waals surface area contributed by atoms with Gasteiger partial charge in [-0.05, 0) is 38.4 Å². The van der Waals surface area contributed by atoms with E-state index >= 15 is 0 Å². The van der Waals surface area contributed by atoms with Crippen LogP contribution in [0.15, 0.2) is 29.2 Å². The Kier molecular flexibility index (Phi) is 6.13. The van der Waals surface area contributed by atoms with Crippen LogP contribution in [0.1, 0.15) is 25.5 Å². The molecular formula is C22H30N6O2. The molecule has 0 atom stereocenters. The van der Waals surface area contributed by atoms with Gasteiger partial charge in [0.1, 0.15) is 11.6 Å². The van der Waals surface area contributed by atoms with E-state index in [9.17, 15) is 9.59 Å². The average Bonchev–Trinajstić information content (AvgIpc) is 2.79. The lowest BCUT2D eigenvalue weighted by Gasteiger charge is -2.37. The summed E-state index contributed by atoms with van der Waals surface area (Å²) in [5.41, 5.74) is 1.42. The van der Waals surface area contributed by atoms with E-state index in [1.165, 1.54) is 6.07 Å². The summed E-state index contributed by atoms with van der Waals surface area (Å²) in [5, 5.41) is 0. The molecule has 0 aliphatic carbocycles. The summed E-state index contributed by atoms with van der Waals surface area (Å²) < 4.78 is 0. The van der Waals surface area contributed by atoms with E-state index < -0.39 is 0 Å². The van der Waals surface area contributed by atoms with Crippen molar-refractivity contribution in [3.8, 4) is 11.4 Å². The predicted octanol–water partition coefficient (Wildman–Crippen LogP) is 1.38. The second-order valence-electron chi connectivity index (χ2n) is 8.23. The molecule has 4 heterocycles. The molecule has 2 aliphatic heterocycles. The number of aryl methyl sites for hydroxylation is 1. The third-order valence-electron chi connectivity index (χ3n) is 6.16. The van der Waals surface area contributed by atoms with Crippen LogP contribution in [0.5, 0.6) is 0 Å². The highest BCUT2D eigenvalue weighted by Gasteiger charge is 2.30. The minimum Gasteiger partial charge on any atom is -0.357 e. The smallest absolute Gasteiger partial charge is 0.251 e. The van der Waals surface area contributed by atoms with Crippen LogP contribution in [0, 0.1) is 5.92 Å². The third kappa shape index (κ3) is 4.53. The summed E-state index contributed by atoms with van der Waals surface area (Å²) in [4.78, 5) is 43.0. The van der Waals surface area contributed by atoms with Crippen LogP contribution in [0.4, 0.5) is 5.82 Å². The SMILES string of the molecule is CCc1cc(=O)[nH]c(-c2ccc(N3CCC(C(=O)N4CCN(C)CC4)CC3)nc2)n1. The molecule has 2 aliphatic rings. The lowest BCUT2D eigenvalue weighted by molar-refractivity contribution is -0.137. The second kappa shape index (κ2) is 8.95. The maximum absolute atomic E-state index is 12.8. The molecule has 0 saturated carbocycles. The lowest BCUT2D eigenvalue weighted by atomic mass is 9.95. The number of aromatic nitrogens is 3. The van der Waals surface area contributed by atoms with Crippen molar-refractivity contribution in [1.29, 1.82) is 0 Å². The van der Waals surface area contributed by atoms with Crippen LogP contribution in [0.2, 0.25) is 0 Å². The molecule has 160 valence electrons. The number of amides is 1. The molecule has 2 fully saturated rings. The van der Waals surface area contributed by atoms with Crippen molar-refractivity contribution in [3.05, 3.63) is 40.4 Å². The van der Waals surface area contributed by atoms with Crippen LogP contribution in [-0.4, -0.2) is 77.0 Å². The Hall–Kier alpha value is -2.74. The van der Waals surface area contributed by atoms with E-state index in [-0.39, 0.29) is 11.5 Å². The summed E-state index contributed by atoms with van der Waals surface area (Å²) >= 11 is 0. The van der Waals surface area contributed by atoms with Gasteiger partial charge in [-0.2, -0.15) is 0 Å². The summed E-state index contributed by atoms with van der Waals surface area (Å²) in [6.45, 7) is 7.24. The van der Waals surface area contributed by atoms with E-state index in [4.69, 9.17) is 0 Å². The van der Waals surface area contributed by atoms with Gasteiger partial charge in [0.05, 0.1) is 0 Å². The van der Waals surface area contributed by atoms with Gasteiger partial charge in [0, 0.05) is 68.7 Å². The van der Waals surface area contributed by atoms with Crippen LogP contribution in [-0.2, 0) is 11.2 Å². The molecular weight excluding hydrogens is 380 g/mol. The molecule has 0 spiro atoms. The van der Waals surface area contributed by atoms with Gasteiger partial charge in [-0.25, -0.2) is 9.97 Å². The molecule has 1 N–H and O–H groups in total. The summed E-state index contributed by atoms with van der Waals surface area (Å²) in [6.07, 6.45) is 4.20. The Morgan fingerprint density at radius 1 is 1.13 bits per heavy atom. The number of likely N-dealkylation sites (N-methyl/N-ethyl adjacent to an activating group) is 1. The van der Waals surface area contributed by atoms with Crippen LogP contribution >= 0.6 is 0 Å². The molecule has 2 saturated heterocycles. The first-order valence-electron chi connectivity index (χ1n) is 10.8. The van der Waals surface area contributed by atoms with Crippen molar-refractivity contribution in [1.82, 2.24) is 24.8 Å². The van der Waals surface area contributed by atoms with Crippen LogP contribution < -0.4 is 10.5 Å². The number of pyridine rings is 1. The van der Waals surface area contributed by atoms with Gasteiger partial charge < -0.3 is 19.7 Å². The Morgan fingerprint density at radius 2 is 1.87 bits per heavy atom. The fourth-order valence-corrected chi connectivity index (χ4v) is 4.18. The van der Waals surface area contributed by atoms with Gasteiger partial charge in [-0.15, -0.1) is 0 Å². The van der Waals surface area contributed by atoms with Gasteiger partial charge in [0.2, 0.25) is 5.91 Å². The largest absolute Gasteiger partial charge is 0.357 e. The molecule has 2 aromatic rings. The minimum atomic E-state index is -0.145. The quantitative estimate of drug-likeness (QED) is 0.820. The number of piperazine rings is 1. The number of carbonyl (C=O) groups is 1. The molecule has 0 radical (unpaired) electrons. The number of rotatable bonds is 4. The van der Waals surface area contributed by atoms with Gasteiger partial charge in [0.15, 0.2) is 0 Å². The summed E-state index contributed by atoms with van der Waals surface area (Å²) in [6, 6.07) is 5.44. The number of anilines is 1. The average molecular weight is 411 g/mol. The number of aromatic amines is 1. The first-order chi connectivity index (χ1) is 14.5. The number of carbonyl (C=O) groups excluding carboxylic acids is 1. The van der Waals surface area contributed by atoms with Crippen molar-refractivity contribution in [2.75, 3.05) is 51.2 Å². The lowest BCUT2D eigenvalue weighted by Crippen LogP contribution is -2.50. The van der Waals surface area contributed by atoms with Gasteiger partial charge in [-0.1, -0.05) is 6.92 Å². The van der Waals surface area contributed by atoms with Crippen LogP contribution in [0.25, 0.3) is 11.4 Å². The first-order valence-corrected chi connectivity index (χ1v) is 10.8. The van der Waals surface area contributed by atoms with Crippen molar-refractivity contribution in [2.45, 2.75) is 26.2 Å². The zero-order valence-corrected chi connectivity index (χ0v) is 17.8. The maximum atomic E-state index is 12.8. The fourth-order valence-electron chi connectivity index (χ4n) is 4.18. The Balaban J connectivity index is 1.37. The maximum Gasteiger partial charge on any atom is 0.251 e. The predicted molar refractivity (Wildman–Crippen MR) is 116 cm³/mol. The topological polar surface area (TPSA) is 85.4 Å². The Labute approximate surface area is 176 Å². The monoisotopic (exact) mass is 410 g/mol. The van der Waals surface area contributed by atoms with Crippen molar-refractivity contribution < 1.29 is 4.79 Å². The van der Waals surface area contributed by atoms with Crippen molar-refractivity contribution in [2.24, 2.45) is 5.92 Å². The molecule has 1 amide bonds. The molecule has 0 unspecified atom stereocenters. The van der Waals surface area contributed by atoms with E-state index in [0.717, 1.165) is 69.2 Å². The molecule has 8 heteroatoms. The minimum absolute atomic E-state index is 0.120. The number of H-pyrrole nitrogens is 1. The molecule has 0 aromatic carbocycles. The zero-order chi connectivity index (χ0) is 21.1. The van der Waals surface area contributed by atoms with Gasteiger partial charge >= 0.3 is 0 Å². The van der Waals surface area contributed by atoms with Gasteiger partial charge in [-0.3, -0.25) is 9.59 Å². The highest BCUT2D eigenvalue weighted by atomic mass is 16.2. The molecule has 4 rings (SSSR count). The first kappa shape index (κ1) is 20.5.